The molecular formula is C11H18ClNS. The fraction of sp³-hybridized carbons (Fsp3) is 0.636. The highest BCUT2D eigenvalue weighted by atomic mass is 35.5. The van der Waals surface area contributed by atoms with E-state index in [1.54, 1.807) is 11.3 Å². The monoisotopic (exact) mass is 231 g/mol. The van der Waals surface area contributed by atoms with Crippen LogP contribution in [0.3, 0.4) is 0 Å². The van der Waals surface area contributed by atoms with Crippen LogP contribution in [-0.2, 0) is 6.54 Å². The van der Waals surface area contributed by atoms with Gasteiger partial charge in [0.15, 0.2) is 0 Å². The molecule has 1 rings (SSSR count). The smallest absolute Gasteiger partial charge is 0.0516 e. The van der Waals surface area contributed by atoms with Gasteiger partial charge in [-0.05, 0) is 18.9 Å². The molecule has 0 fully saturated rings. The van der Waals surface area contributed by atoms with Gasteiger partial charge in [0.05, 0.1) is 5.02 Å². The van der Waals surface area contributed by atoms with E-state index in [-0.39, 0.29) is 0 Å². The average molecular weight is 232 g/mol. The topological polar surface area (TPSA) is 12.0 Å². The lowest BCUT2D eigenvalue weighted by molar-refractivity contribution is 0.391. The highest BCUT2D eigenvalue weighted by Crippen LogP contribution is 2.19. The normalized spacial score (nSPS) is 15.4. The van der Waals surface area contributed by atoms with Crippen molar-refractivity contribution in [1.29, 1.82) is 0 Å². The molecule has 0 saturated carbocycles. The van der Waals surface area contributed by atoms with E-state index in [1.807, 2.05) is 11.4 Å². The Morgan fingerprint density at radius 1 is 1.50 bits per heavy atom. The lowest BCUT2D eigenvalue weighted by atomic mass is 10.0. The fourth-order valence-corrected chi connectivity index (χ4v) is 2.29. The van der Waals surface area contributed by atoms with Crippen molar-refractivity contribution in [2.24, 2.45) is 5.92 Å². The molecule has 3 heteroatoms. The number of thiophene rings is 1. The van der Waals surface area contributed by atoms with Gasteiger partial charge in [0, 0.05) is 22.8 Å². The van der Waals surface area contributed by atoms with Crippen molar-refractivity contribution in [1.82, 2.24) is 5.32 Å². The lowest BCUT2D eigenvalue weighted by Gasteiger charge is -2.19. The first-order chi connectivity index (χ1) is 6.63. The SMILES string of the molecule is CCC(C)C(C)NCc1cc(Cl)cs1. The molecule has 14 heavy (non-hydrogen) atoms. The molecule has 0 aliphatic heterocycles. The molecule has 0 aromatic carbocycles. The molecule has 2 unspecified atom stereocenters. The molecule has 0 aliphatic carbocycles. The predicted molar refractivity (Wildman–Crippen MR) is 65.1 cm³/mol. The van der Waals surface area contributed by atoms with E-state index in [9.17, 15) is 0 Å². The zero-order chi connectivity index (χ0) is 10.6. The quantitative estimate of drug-likeness (QED) is 0.810. The standard InChI is InChI=1S/C11H18ClNS/c1-4-8(2)9(3)13-6-11-5-10(12)7-14-11/h5,7-9,13H,4,6H2,1-3H3. The molecule has 0 saturated heterocycles. The van der Waals surface area contributed by atoms with Crippen molar-refractivity contribution in [2.45, 2.75) is 39.8 Å². The van der Waals surface area contributed by atoms with E-state index in [2.05, 4.69) is 26.1 Å². The molecule has 80 valence electrons. The summed E-state index contributed by atoms with van der Waals surface area (Å²) in [6.45, 7) is 7.68. The maximum atomic E-state index is 5.85. The molecule has 0 bridgehead atoms. The van der Waals surface area contributed by atoms with E-state index >= 15 is 0 Å². The molecule has 1 heterocycles. The Morgan fingerprint density at radius 2 is 2.21 bits per heavy atom. The van der Waals surface area contributed by atoms with Gasteiger partial charge >= 0.3 is 0 Å². The van der Waals surface area contributed by atoms with E-state index in [0.29, 0.717) is 6.04 Å². The zero-order valence-electron chi connectivity index (χ0n) is 9.01. The molecule has 0 aliphatic rings. The van der Waals surface area contributed by atoms with Crippen LogP contribution in [0.15, 0.2) is 11.4 Å². The maximum absolute atomic E-state index is 5.85. The molecule has 1 nitrogen and oxygen atoms in total. The first-order valence-electron chi connectivity index (χ1n) is 5.09. The lowest BCUT2D eigenvalue weighted by Crippen LogP contribution is -2.30. The van der Waals surface area contributed by atoms with Gasteiger partial charge in [-0.1, -0.05) is 31.9 Å². The summed E-state index contributed by atoms with van der Waals surface area (Å²) in [7, 11) is 0. The molecule has 0 radical (unpaired) electrons. The van der Waals surface area contributed by atoms with Crippen LogP contribution in [-0.4, -0.2) is 6.04 Å². The third-order valence-electron chi connectivity index (χ3n) is 2.72. The van der Waals surface area contributed by atoms with Gasteiger partial charge in [0.2, 0.25) is 0 Å². The molecule has 0 amide bonds. The van der Waals surface area contributed by atoms with Crippen molar-refractivity contribution in [2.75, 3.05) is 0 Å². The van der Waals surface area contributed by atoms with E-state index in [0.717, 1.165) is 17.5 Å². The molecule has 2 atom stereocenters. The Balaban J connectivity index is 2.33. The van der Waals surface area contributed by atoms with Gasteiger partial charge < -0.3 is 5.32 Å². The van der Waals surface area contributed by atoms with Crippen LogP contribution in [0, 0.1) is 5.92 Å². The summed E-state index contributed by atoms with van der Waals surface area (Å²) in [5.41, 5.74) is 0. The van der Waals surface area contributed by atoms with E-state index in [1.165, 1.54) is 11.3 Å². The highest BCUT2D eigenvalue weighted by molar-refractivity contribution is 7.10. The van der Waals surface area contributed by atoms with Crippen LogP contribution in [0.2, 0.25) is 5.02 Å². The maximum Gasteiger partial charge on any atom is 0.0516 e. The summed E-state index contributed by atoms with van der Waals surface area (Å²) < 4.78 is 0. The summed E-state index contributed by atoms with van der Waals surface area (Å²) in [5.74, 6) is 0.727. The molecule has 1 aromatic rings. The van der Waals surface area contributed by atoms with Crippen molar-refractivity contribution >= 4 is 22.9 Å². The highest BCUT2D eigenvalue weighted by Gasteiger charge is 2.09. The number of hydrogen-bond donors (Lipinski definition) is 1. The van der Waals surface area contributed by atoms with Crippen molar-refractivity contribution < 1.29 is 0 Å². The minimum atomic E-state index is 0.570. The number of rotatable bonds is 5. The summed E-state index contributed by atoms with van der Waals surface area (Å²) in [6, 6.07) is 2.60. The second kappa shape index (κ2) is 5.74. The van der Waals surface area contributed by atoms with E-state index < -0.39 is 0 Å². The van der Waals surface area contributed by atoms with Crippen LogP contribution in [0.25, 0.3) is 0 Å². The average Bonchev–Trinajstić information content (AvgIpc) is 2.59. The fourth-order valence-electron chi connectivity index (χ4n) is 1.26. The first-order valence-corrected chi connectivity index (χ1v) is 6.35. The molecule has 1 N–H and O–H groups in total. The Morgan fingerprint density at radius 3 is 2.71 bits per heavy atom. The predicted octanol–water partition coefficient (Wildman–Crippen LogP) is 3.93. The van der Waals surface area contributed by atoms with Crippen LogP contribution < -0.4 is 5.32 Å². The molecule has 0 spiro atoms. The summed E-state index contributed by atoms with van der Waals surface area (Å²) in [5, 5.41) is 6.34. The van der Waals surface area contributed by atoms with Crippen molar-refractivity contribution in [3.63, 3.8) is 0 Å². The van der Waals surface area contributed by atoms with E-state index in [4.69, 9.17) is 11.6 Å². The minimum absolute atomic E-state index is 0.570. The van der Waals surface area contributed by atoms with Gasteiger partial charge in [0.1, 0.15) is 0 Å². The second-order valence-electron chi connectivity index (χ2n) is 3.79. The van der Waals surface area contributed by atoms with Crippen LogP contribution in [0.1, 0.15) is 32.1 Å². The number of halogens is 1. The van der Waals surface area contributed by atoms with Gasteiger partial charge in [-0.25, -0.2) is 0 Å². The zero-order valence-corrected chi connectivity index (χ0v) is 10.6. The largest absolute Gasteiger partial charge is 0.309 e. The van der Waals surface area contributed by atoms with Crippen LogP contribution >= 0.6 is 22.9 Å². The molecular weight excluding hydrogens is 214 g/mol. The van der Waals surface area contributed by atoms with Crippen molar-refractivity contribution in [3.05, 3.63) is 21.3 Å². The third kappa shape index (κ3) is 3.60. The molecule has 1 aromatic heterocycles. The second-order valence-corrected chi connectivity index (χ2v) is 5.22. The Hall–Kier alpha value is -0.0500. The minimum Gasteiger partial charge on any atom is -0.309 e. The number of nitrogens with one attached hydrogen (secondary N) is 1. The third-order valence-corrected chi connectivity index (χ3v) is 4.00. The number of hydrogen-bond acceptors (Lipinski definition) is 2. The summed E-state index contributed by atoms with van der Waals surface area (Å²) >= 11 is 7.56. The Kier molecular flexibility index (Phi) is 4.93. The van der Waals surface area contributed by atoms with Crippen molar-refractivity contribution in [3.8, 4) is 0 Å². The Bertz CT molecular complexity index is 272. The Labute approximate surface area is 95.5 Å². The van der Waals surface area contributed by atoms with Crippen LogP contribution in [0.5, 0.6) is 0 Å². The summed E-state index contributed by atoms with van der Waals surface area (Å²) in [4.78, 5) is 1.31. The van der Waals surface area contributed by atoms with Gasteiger partial charge in [0.25, 0.3) is 0 Å². The van der Waals surface area contributed by atoms with Gasteiger partial charge in [-0.3, -0.25) is 0 Å². The first kappa shape index (κ1) is 12.0. The van der Waals surface area contributed by atoms with Crippen LogP contribution in [0.4, 0.5) is 0 Å². The van der Waals surface area contributed by atoms with Gasteiger partial charge in [-0.2, -0.15) is 0 Å². The van der Waals surface area contributed by atoms with Gasteiger partial charge in [-0.15, -0.1) is 11.3 Å². The summed E-state index contributed by atoms with van der Waals surface area (Å²) in [6.07, 6.45) is 1.22.